The van der Waals surface area contributed by atoms with Gasteiger partial charge in [-0.25, -0.2) is 28.8 Å². The molecule has 192 valence electrons. The number of pyridine rings is 1. The predicted octanol–water partition coefficient (Wildman–Crippen LogP) is 3.93. The number of halogens is 1. The maximum absolute atomic E-state index is 13.2. The number of hydrogen-bond donors (Lipinski definition) is 3. The Morgan fingerprint density at radius 1 is 1.19 bits per heavy atom. The van der Waals surface area contributed by atoms with Crippen molar-refractivity contribution in [3.63, 3.8) is 0 Å². The molecule has 1 aliphatic rings. The fraction of sp³-hybridized carbons (Fsp3) is 0.360. The molecule has 11 nitrogen and oxygen atoms in total. The number of piperidine rings is 1. The van der Waals surface area contributed by atoms with Gasteiger partial charge in [-0.15, -0.1) is 0 Å². The molecule has 0 bridgehead atoms. The Kier molecular flexibility index (Phi) is 6.80. The van der Waals surface area contributed by atoms with Crippen molar-refractivity contribution in [2.75, 3.05) is 18.4 Å². The van der Waals surface area contributed by atoms with Crippen LogP contribution in [0.1, 0.15) is 54.5 Å². The first kappa shape index (κ1) is 24.3. The lowest BCUT2D eigenvalue weighted by atomic mass is 9.97. The highest BCUT2D eigenvalue weighted by Crippen LogP contribution is 2.27. The number of aryl methyl sites for hydroxylation is 2. The highest BCUT2D eigenvalue weighted by Gasteiger charge is 2.28. The van der Waals surface area contributed by atoms with Crippen LogP contribution in [-0.2, 0) is 0 Å². The summed E-state index contributed by atoms with van der Waals surface area (Å²) in [4.78, 5) is 28.6. The lowest BCUT2D eigenvalue weighted by Gasteiger charge is -2.33. The summed E-state index contributed by atoms with van der Waals surface area (Å²) in [6, 6.07) is 6.98. The highest BCUT2D eigenvalue weighted by atomic mass is 19.1. The van der Waals surface area contributed by atoms with E-state index >= 15 is 0 Å². The molecular formula is C25H29FN10O. The normalized spacial score (nSPS) is 16.4. The zero-order valence-electron chi connectivity index (χ0n) is 20.9. The molecule has 2 atom stereocenters. The van der Waals surface area contributed by atoms with Gasteiger partial charge in [0.05, 0.1) is 18.4 Å². The van der Waals surface area contributed by atoms with E-state index in [4.69, 9.17) is 4.98 Å². The molecule has 4 aromatic heterocycles. The number of anilines is 2. The van der Waals surface area contributed by atoms with Crippen LogP contribution in [0.5, 0.6) is 0 Å². The number of likely N-dealkylation sites (tertiary alicyclic amines) is 1. The molecule has 1 fully saturated rings. The molecule has 1 aliphatic heterocycles. The van der Waals surface area contributed by atoms with Crippen LogP contribution < -0.4 is 10.6 Å². The molecule has 4 aromatic rings. The van der Waals surface area contributed by atoms with E-state index in [0.717, 1.165) is 41.8 Å². The molecule has 5 heterocycles. The van der Waals surface area contributed by atoms with Crippen LogP contribution in [0.2, 0.25) is 0 Å². The number of urea groups is 1. The summed E-state index contributed by atoms with van der Waals surface area (Å²) in [6.07, 6.45) is 5.82. The summed E-state index contributed by atoms with van der Waals surface area (Å²) in [5.74, 6) is 2.20. The number of amides is 2. The predicted molar refractivity (Wildman–Crippen MR) is 135 cm³/mol. The number of H-pyrrole nitrogens is 1. The number of hydrogen-bond acceptors (Lipinski definition) is 7. The molecule has 2 amide bonds. The van der Waals surface area contributed by atoms with Gasteiger partial charge in [-0.3, -0.25) is 5.10 Å². The van der Waals surface area contributed by atoms with Crippen molar-refractivity contribution < 1.29 is 9.18 Å². The van der Waals surface area contributed by atoms with Gasteiger partial charge in [0, 0.05) is 48.7 Å². The number of aromatic amines is 1. The summed E-state index contributed by atoms with van der Waals surface area (Å²) < 4.78 is 14.6. The van der Waals surface area contributed by atoms with Crippen LogP contribution >= 0.6 is 0 Å². The average Bonchev–Trinajstić information content (AvgIpc) is 3.51. The zero-order chi connectivity index (χ0) is 25.9. The summed E-state index contributed by atoms with van der Waals surface area (Å²) in [7, 11) is 0. The van der Waals surface area contributed by atoms with Crippen LogP contribution in [-0.4, -0.2) is 59.0 Å². The molecule has 0 radical (unpaired) electrons. The third-order valence-electron chi connectivity index (χ3n) is 6.30. The van der Waals surface area contributed by atoms with Gasteiger partial charge in [0.1, 0.15) is 11.6 Å². The minimum Gasteiger partial charge on any atom is -0.331 e. The van der Waals surface area contributed by atoms with Crippen molar-refractivity contribution in [3.05, 3.63) is 71.4 Å². The average molecular weight is 505 g/mol. The molecule has 37 heavy (non-hydrogen) atoms. The first-order chi connectivity index (χ1) is 17.8. The Morgan fingerprint density at radius 2 is 2.05 bits per heavy atom. The molecule has 12 heteroatoms. The molecule has 0 spiro atoms. The Bertz CT molecular complexity index is 1380. The topological polar surface area (TPSA) is 130 Å². The van der Waals surface area contributed by atoms with E-state index in [1.165, 1.54) is 10.9 Å². The molecular weight excluding hydrogens is 475 g/mol. The molecule has 3 N–H and O–H groups in total. The number of rotatable bonds is 6. The first-order valence-electron chi connectivity index (χ1n) is 12.2. The Labute approximate surface area is 213 Å². The second-order valence-electron chi connectivity index (χ2n) is 9.32. The molecule has 0 unspecified atom stereocenters. The van der Waals surface area contributed by atoms with Gasteiger partial charge in [-0.1, -0.05) is 6.07 Å². The number of aromatic nitrogens is 7. The fourth-order valence-electron chi connectivity index (χ4n) is 4.40. The zero-order valence-corrected chi connectivity index (χ0v) is 20.9. The number of nitrogens with one attached hydrogen (secondary N) is 3. The van der Waals surface area contributed by atoms with Crippen molar-refractivity contribution in [1.82, 2.24) is 45.1 Å². The third kappa shape index (κ3) is 5.74. The standard InChI is InChI=1S/C25H29FN10O/c1-15-9-21(31-22-10-16(2)33-34-22)32-24(29-15)19-5-4-8-35(13-19)25(37)30-17(3)18-6-7-23(27-11-18)36-14-20(26)12-28-36/h6-7,9-12,14,17,19H,4-5,8,13H2,1-3H3,(H,30,37)(H2,29,31,32,33,34)/t17-,19+/m0/s1. The summed E-state index contributed by atoms with van der Waals surface area (Å²) in [6.45, 7) is 6.98. The van der Waals surface area contributed by atoms with Gasteiger partial charge in [0.25, 0.3) is 0 Å². The lowest BCUT2D eigenvalue weighted by Crippen LogP contribution is -2.45. The highest BCUT2D eigenvalue weighted by molar-refractivity contribution is 5.75. The number of nitrogens with zero attached hydrogens (tertiary/aromatic N) is 7. The second kappa shape index (κ2) is 10.3. The minimum absolute atomic E-state index is 0.0339. The summed E-state index contributed by atoms with van der Waals surface area (Å²) in [5.41, 5.74) is 2.64. The molecule has 1 saturated heterocycles. The Hall–Kier alpha value is -4.35. The largest absolute Gasteiger partial charge is 0.331 e. The first-order valence-corrected chi connectivity index (χ1v) is 12.2. The van der Waals surface area contributed by atoms with E-state index in [1.54, 1.807) is 12.3 Å². The lowest BCUT2D eigenvalue weighted by molar-refractivity contribution is 0.175. The van der Waals surface area contributed by atoms with Crippen molar-refractivity contribution in [1.29, 1.82) is 0 Å². The second-order valence-corrected chi connectivity index (χ2v) is 9.32. The SMILES string of the molecule is Cc1cc(Nc2cc(C)[nH]n2)nc([C@@H]2CCCN(C(=O)N[C@@H](C)c3ccc(-n4cc(F)cn4)nc3)C2)n1. The molecule has 0 aliphatic carbocycles. The van der Waals surface area contributed by atoms with Crippen LogP contribution in [0, 0.1) is 19.7 Å². The van der Waals surface area contributed by atoms with E-state index < -0.39 is 5.82 Å². The van der Waals surface area contributed by atoms with Crippen molar-refractivity contribution >= 4 is 17.7 Å². The Balaban J connectivity index is 1.22. The van der Waals surface area contributed by atoms with Gasteiger partial charge in [0.2, 0.25) is 0 Å². The quantitative estimate of drug-likeness (QED) is 0.363. The van der Waals surface area contributed by atoms with Crippen molar-refractivity contribution in [3.8, 4) is 5.82 Å². The van der Waals surface area contributed by atoms with Gasteiger partial charge in [0.15, 0.2) is 17.5 Å². The summed E-state index contributed by atoms with van der Waals surface area (Å²) >= 11 is 0. The maximum Gasteiger partial charge on any atom is 0.317 e. The molecule has 5 rings (SSSR count). The van der Waals surface area contributed by atoms with E-state index in [2.05, 4.69) is 35.9 Å². The van der Waals surface area contributed by atoms with Crippen molar-refractivity contribution in [2.45, 2.75) is 45.6 Å². The van der Waals surface area contributed by atoms with Crippen LogP contribution in [0.4, 0.5) is 20.8 Å². The fourth-order valence-corrected chi connectivity index (χ4v) is 4.40. The monoisotopic (exact) mass is 504 g/mol. The maximum atomic E-state index is 13.2. The van der Waals surface area contributed by atoms with Gasteiger partial charge >= 0.3 is 6.03 Å². The van der Waals surface area contributed by atoms with E-state index in [0.29, 0.717) is 30.5 Å². The van der Waals surface area contributed by atoms with Gasteiger partial charge < -0.3 is 15.5 Å². The molecule has 0 aromatic carbocycles. The van der Waals surface area contributed by atoms with E-state index in [1.807, 2.05) is 43.9 Å². The van der Waals surface area contributed by atoms with Crippen LogP contribution in [0.3, 0.4) is 0 Å². The van der Waals surface area contributed by atoms with Crippen LogP contribution in [0.15, 0.2) is 42.9 Å². The number of carbonyl (C=O) groups is 1. The Morgan fingerprint density at radius 3 is 2.76 bits per heavy atom. The third-order valence-corrected chi connectivity index (χ3v) is 6.30. The van der Waals surface area contributed by atoms with Crippen LogP contribution in [0.25, 0.3) is 5.82 Å². The minimum atomic E-state index is -0.428. The van der Waals surface area contributed by atoms with E-state index in [9.17, 15) is 9.18 Å². The van der Waals surface area contributed by atoms with Gasteiger partial charge in [-0.2, -0.15) is 10.2 Å². The van der Waals surface area contributed by atoms with Crippen molar-refractivity contribution in [2.24, 2.45) is 0 Å². The van der Waals surface area contributed by atoms with E-state index in [-0.39, 0.29) is 18.0 Å². The summed E-state index contributed by atoms with van der Waals surface area (Å²) in [5, 5.41) is 17.3. The van der Waals surface area contributed by atoms with Gasteiger partial charge in [-0.05, 0) is 45.2 Å². The molecule has 0 saturated carbocycles. The number of carbonyl (C=O) groups excluding carboxylic acids is 1. The smallest absolute Gasteiger partial charge is 0.317 e.